The first kappa shape index (κ1) is 24.4. The topological polar surface area (TPSA) is 138 Å². The molecular formula is C20H27N5O5S. The van der Waals surface area contributed by atoms with E-state index in [1.807, 2.05) is 17.0 Å². The maximum Gasteiger partial charge on any atom is 0.290 e. The molecule has 11 heteroatoms. The van der Waals surface area contributed by atoms with Crippen molar-refractivity contribution in [1.29, 1.82) is 0 Å². The van der Waals surface area contributed by atoms with Crippen LogP contribution in [0.15, 0.2) is 42.1 Å². The Kier molecular flexibility index (Phi) is 9.98. The second-order valence-corrected chi connectivity index (χ2v) is 7.62. The second kappa shape index (κ2) is 12.7. The predicted octanol–water partition coefficient (Wildman–Crippen LogP) is 0.730. The van der Waals surface area contributed by atoms with Gasteiger partial charge in [-0.25, -0.2) is 9.97 Å². The number of aliphatic hydroxyl groups is 1. The molecular weight excluding hydrogens is 422 g/mol. The molecule has 10 nitrogen and oxygen atoms in total. The minimum absolute atomic E-state index is 0.151. The van der Waals surface area contributed by atoms with Crippen LogP contribution in [0.25, 0.3) is 0 Å². The number of carbonyl (C=O) groups is 3. The maximum atomic E-state index is 12.9. The van der Waals surface area contributed by atoms with E-state index < -0.39 is 12.0 Å². The summed E-state index contributed by atoms with van der Waals surface area (Å²) in [5, 5.41) is 20.7. The number of thioether (sulfide) groups is 1. The van der Waals surface area contributed by atoms with Crippen LogP contribution in [0, 0.1) is 5.92 Å². The third kappa shape index (κ3) is 7.07. The van der Waals surface area contributed by atoms with Crippen molar-refractivity contribution < 1.29 is 24.6 Å². The zero-order valence-electron chi connectivity index (χ0n) is 17.3. The van der Waals surface area contributed by atoms with Crippen molar-refractivity contribution in [2.45, 2.75) is 30.5 Å². The summed E-state index contributed by atoms with van der Waals surface area (Å²) < 4.78 is 1.94. The SMILES string of the molecule is CSc1ncccc1C(=O)N1CC[C@@H](O)[C@@H](C(=O)NCCCn2ccnc2)C1.O=CO. The molecule has 2 atom stereocenters. The molecule has 0 aromatic carbocycles. The van der Waals surface area contributed by atoms with Crippen LogP contribution in [0.2, 0.25) is 0 Å². The predicted molar refractivity (Wildman–Crippen MR) is 115 cm³/mol. The monoisotopic (exact) mass is 449 g/mol. The highest BCUT2D eigenvalue weighted by molar-refractivity contribution is 7.98. The lowest BCUT2D eigenvalue weighted by Gasteiger charge is -2.35. The van der Waals surface area contributed by atoms with Gasteiger partial charge in [-0.15, -0.1) is 11.8 Å². The normalized spacial score (nSPS) is 17.9. The number of amides is 2. The first-order chi connectivity index (χ1) is 15.0. The number of nitrogens with one attached hydrogen (secondary N) is 1. The zero-order chi connectivity index (χ0) is 22.6. The molecule has 1 saturated heterocycles. The molecule has 2 aromatic rings. The first-order valence-corrected chi connectivity index (χ1v) is 11.0. The molecule has 31 heavy (non-hydrogen) atoms. The zero-order valence-corrected chi connectivity index (χ0v) is 18.1. The number of nitrogens with zero attached hydrogens (tertiary/aromatic N) is 4. The number of aryl methyl sites for hydroxylation is 1. The van der Waals surface area contributed by atoms with Gasteiger partial charge in [-0.05, 0) is 31.2 Å². The van der Waals surface area contributed by atoms with Crippen LogP contribution in [0.3, 0.4) is 0 Å². The van der Waals surface area contributed by atoms with Gasteiger partial charge in [0.25, 0.3) is 12.4 Å². The smallest absolute Gasteiger partial charge is 0.290 e. The molecule has 0 spiro atoms. The van der Waals surface area contributed by atoms with E-state index in [0.717, 1.165) is 13.0 Å². The number of imidazole rings is 1. The van der Waals surface area contributed by atoms with Crippen LogP contribution >= 0.6 is 11.8 Å². The van der Waals surface area contributed by atoms with Gasteiger partial charge in [0.15, 0.2) is 0 Å². The van der Waals surface area contributed by atoms with Gasteiger partial charge in [0, 0.05) is 44.8 Å². The van der Waals surface area contributed by atoms with Crippen LogP contribution in [-0.2, 0) is 16.1 Å². The number of aromatic nitrogens is 3. The number of hydrogen-bond donors (Lipinski definition) is 3. The Morgan fingerprint density at radius 3 is 2.84 bits per heavy atom. The molecule has 0 unspecified atom stereocenters. The first-order valence-electron chi connectivity index (χ1n) is 9.79. The van der Waals surface area contributed by atoms with Crippen molar-refractivity contribution in [3.05, 3.63) is 42.6 Å². The average Bonchev–Trinajstić information content (AvgIpc) is 3.30. The van der Waals surface area contributed by atoms with Gasteiger partial charge in [-0.2, -0.15) is 0 Å². The number of pyridine rings is 1. The van der Waals surface area contributed by atoms with E-state index in [4.69, 9.17) is 9.90 Å². The fraction of sp³-hybridized carbons (Fsp3) is 0.450. The van der Waals surface area contributed by atoms with Crippen molar-refractivity contribution >= 4 is 30.0 Å². The molecule has 1 fully saturated rings. The minimum atomic E-state index is -0.744. The Morgan fingerprint density at radius 1 is 1.39 bits per heavy atom. The quantitative estimate of drug-likeness (QED) is 0.320. The Morgan fingerprint density at radius 2 is 2.16 bits per heavy atom. The molecule has 0 bridgehead atoms. The van der Waals surface area contributed by atoms with E-state index in [1.54, 1.807) is 35.8 Å². The molecule has 168 valence electrons. The summed E-state index contributed by atoms with van der Waals surface area (Å²) >= 11 is 1.41. The minimum Gasteiger partial charge on any atom is -0.483 e. The highest BCUT2D eigenvalue weighted by Crippen LogP contribution is 2.23. The molecule has 3 rings (SSSR count). The molecule has 0 aliphatic carbocycles. The number of carbonyl (C=O) groups excluding carboxylic acids is 2. The van der Waals surface area contributed by atoms with Crippen LogP contribution in [0.5, 0.6) is 0 Å². The van der Waals surface area contributed by atoms with Crippen molar-refractivity contribution in [3.8, 4) is 0 Å². The lowest BCUT2D eigenvalue weighted by molar-refractivity contribution is -0.131. The van der Waals surface area contributed by atoms with Crippen molar-refractivity contribution in [3.63, 3.8) is 0 Å². The highest BCUT2D eigenvalue weighted by atomic mass is 32.2. The van der Waals surface area contributed by atoms with E-state index in [9.17, 15) is 14.7 Å². The summed E-state index contributed by atoms with van der Waals surface area (Å²) in [5.41, 5.74) is 0.533. The van der Waals surface area contributed by atoms with Gasteiger partial charge in [0.1, 0.15) is 5.03 Å². The third-order valence-corrected chi connectivity index (χ3v) is 5.56. The van der Waals surface area contributed by atoms with Gasteiger partial charge in [0.2, 0.25) is 5.91 Å². The fourth-order valence-corrected chi connectivity index (χ4v) is 3.83. The van der Waals surface area contributed by atoms with Gasteiger partial charge in [0.05, 0.1) is 23.9 Å². The number of piperidine rings is 1. The maximum absolute atomic E-state index is 12.9. The number of aliphatic hydroxyl groups excluding tert-OH is 1. The molecule has 0 radical (unpaired) electrons. The standard InChI is InChI=1S/C19H25N5O3S.CH2O2/c1-28-18-14(4-2-6-22-18)19(27)24-10-5-16(25)15(12-24)17(26)21-7-3-9-23-11-8-20-13-23;2-1-3/h2,4,6,8,11,13,15-16,25H,3,5,7,9-10,12H2,1H3,(H,21,26);1H,(H,2,3)/t15-,16+;/m0./s1. The molecule has 0 saturated carbocycles. The summed E-state index contributed by atoms with van der Waals surface area (Å²) in [6.07, 6.45) is 9.25. The van der Waals surface area contributed by atoms with Gasteiger partial charge < -0.3 is 25.0 Å². The Hall–Kier alpha value is -2.92. The molecule has 1 aliphatic rings. The number of hydrogen-bond acceptors (Lipinski definition) is 7. The summed E-state index contributed by atoms with van der Waals surface area (Å²) in [6.45, 7) is 1.65. The summed E-state index contributed by atoms with van der Waals surface area (Å²) in [6, 6.07) is 3.48. The number of likely N-dealkylation sites (tertiary alicyclic amines) is 1. The number of carboxylic acid groups (broad SMARTS) is 1. The molecule has 3 N–H and O–H groups in total. The summed E-state index contributed by atoms with van der Waals surface area (Å²) in [4.78, 5) is 43.7. The Balaban J connectivity index is 0.00000107. The van der Waals surface area contributed by atoms with E-state index in [2.05, 4.69) is 15.3 Å². The average molecular weight is 450 g/mol. The summed E-state index contributed by atoms with van der Waals surface area (Å²) in [5.74, 6) is -0.991. The molecule has 2 aromatic heterocycles. The lowest BCUT2D eigenvalue weighted by atomic mass is 9.93. The highest BCUT2D eigenvalue weighted by Gasteiger charge is 2.35. The Bertz CT molecular complexity index is 848. The van der Waals surface area contributed by atoms with Crippen LogP contribution in [0.1, 0.15) is 23.2 Å². The van der Waals surface area contributed by atoms with Crippen molar-refractivity contribution in [2.75, 3.05) is 25.9 Å². The molecule has 2 amide bonds. The van der Waals surface area contributed by atoms with E-state index in [0.29, 0.717) is 30.1 Å². The Labute approximate surface area is 184 Å². The van der Waals surface area contributed by atoms with Crippen molar-refractivity contribution in [1.82, 2.24) is 24.8 Å². The van der Waals surface area contributed by atoms with Crippen LogP contribution < -0.4 is 5.32 Å². The van der Waals surface area contributed by atoms with E-state index in [-0.39, 0.29) is 24.8 Å². The van der Waals surface area contributed by atoms with Crippen LogP contribution in [0.4, 0.5) is 0 Å². The van der Waals surface area contributed by atoms with Crippen molar-refractivity contribution in [2.24, 2.45) is 5.92 Å². The summed E-state index contributed by atoms with van der Waals surface area (Å²) in [7, 11) is 0. The van der Waals surface area contributed by atoms with Gasteiger partial charge in [-0.1, -0.05) is 0 Å². The van der Waals surface area contributed by atoms with E-state index in [1.165, 1.54) is 11.8 Å². The fourth-order valence-electron chi connectivity index (χ4n) is 3.29. The molecule has 3 heterocycles. The second-order valence-electron chi connectivity index (χ2n) is 6.82. The third-order valence-electron chi connectivity index (χ3n) is 4.85. The lowest BCUT2D eigenvalue weighted by Crippen LogP contribution is -2.51. The van der Waals surface area contributed by atoms with Gasteiger partial charge >= 0.3 is 0 Å². The molecule has 1 aliphatic heterocycles. The van der Waals surface area contributed by atoms with Crippen LogP contribution in [-0.4, -0.2) is 79.9 Å². The van der Waals surface area contributed by atoms with E-state index >= 15 is 0 Å². The number of rotatable bonds is 7. The van der Waals surface area contributed by atoms with Gasteiger partial charge in [-0.3, -0.25) is 14.4 Å². The largest absolute Gasteiger partial charge is 0.483 e.